The lowest BCUT2D eigenvalue weighted by molar-refractivity contribution is -0.339. The fraction of sp³-hybridized carbons (Fsp3) is 0.436. The minimum Gasteiger partial charge on any atom is -0.507 e. The fourth-order valence-corrected chi connectivity index (χ4v) is 8.21. The normalized spacial score (nSPS) is 29.8. The van der Waals surface area contributed by atoms with Crippen molar-refractivity contribution in [1.29, 1.82) is 0 Å². The number of methoxy groups -OCH3 is 1. The number of phenols is 3. The summed E-state index contributed by atoms with van der Waals surface area (Å²) in [7, 11) is 2.80. The zero-order valence-electron chi connectivity index (χ0n) is 31.8. The van der Waals surface area contributed by atoms with Crippen molar-refractivity contribution in [2.75, 3.05) is 27.3 Å². The molecular weight excluding hydrogens is 784 g/mol. The molecule has 2 aliphatic carbocycles. The molecule has 1 amide bonds. The van der Waals surface area contributed by atoms with E-state index >= 15 is 0 Å². The summed E-state index contributed by atoms with van der Waals surface area (Å²) in [5.41, 5.74) is -3.34. The van der Waals surface area contributed by atoms with Gasteiger partial charge in [-0.05, 0) is 49.7 Å². The molecule has 0 bridgehead atoms. The molecule has 11 N–H and O–H groups in total. The van der Waals surface area contributed by atoms with Gasteiger partial charge in [-0.2, -0.15) is 0 Å². The van der Waals surface area contributed by atoms with Crippen molar-refractivity contribution in [3.63, 3.8) is 0 Å². The molecule has 3 aromatic carbocycles. The van der Waals surface area contributed by atoms with Gasteiger partial charge in [0.25, 0.3) is 5.91 Å². The number of rotatable bonds is 9. The van der Waals surface area contributed by atoms with Crippen LogP contribution in [0.2, 0.25) is 0 Å². The van der Waals surface area contributed by atoms with Crippen molar-refractivity contribution in [1.82, 2.24) is 10.6 Å². The number of ether oxygens (including phenoxy) is 5. The molecule has 20 heteroatoms. The van der Waals surface area contributed by atoms with Crippen molar-refractivity contribution < 1.29 is 88.8 Å². The Bertz CT molecular complexity index is 2250. The highest BCUT2D eigenvalue weighted by molar-refractivity contribution is 6.31. The fourth-order valence-electron chi connectivity index (χ4n) is 8.21. The van der Waals surface area contributed by atoms with Crippen molar-refractivity contribution >= 4 is 23.4 Å². The Morgan fingerprint density at radius 2 is 1.49 bits per heavy atom. The third kappa shape index (κ3) is 6.85. The van der Waals surface area contributed by atoms with E-state index in [1.807, 2.05) is 0 Å². The molecule has 316 valence electrons. The van der Waals surface area contributed by atoms with E-state index in [0.717, 1.165) is 12.1 Å². The number of likely N-dealkylation sites (N-methyl/N-ethyl adjacent to an activating group) is 1. The van der Waals surface area contributed by atoms with E-state index in [1.165, 1.54) is 33.2 Å². The lowest BCUT2D eigenvalue weighted by Gasteiger charge is -2.47. The monoisotopic (exact) mass is 826 g/mol. The Kier molecular flexibility index (Phi) is 11.2. The van der Waals surface area contributed by atoms with Crippen LogP contribution < -0.4 is 15.4 Å². The lowest BCUT2D eigenvalue weighted by Crippen LogP contribution is -2.65. The number of carboxylic acid groups (broad SMARTS) is 1. The Labute approximate surface area is 334 Å². The maximum atomic E-state index is 14.0. The first-order chi connectivity index (χ1) is 27.9. The van der Waals surface area contributed by atoms with Crippen LogP contribution in [0.3, 0.4) is 0 Å². The van der Waals surface area contributed by atoms with Crippen LogP contribution in [0.1, 0.15) is 78.0 Å². The number of hydrogen-bond donors (Lipinski definition) is 11. The van der Waals surface area contributed by atoms with Gasteiger partial charge < -0.3 is 80.3 Å². The average molecular weight is 827 g/mol. The van der Waals surface area contributed by atoms with Gasteiger partial charge in [-0.15, -0.1) is 0 Å². The van der Waals surface area contributed by atoms with Gasteiger partial charge in [-0.25, -0.2) is 0 Å². The quantitative estimate of drug-likeness (QED) is 0.0964. The first-order valence-electron chi connectivity index (χ1n) is 18.3. The number of benzene rings is 3. The number of aryl methyl sites for hydroxylation is 1. The number of carbonyl (C=O) groups excluding carboxylic acids is 3. The highest BCUT2D eigenvalue weighted by Crippen LogP contribution is 2.57. The molecule has 2 aliphatic heterocycles. The molecule has 11 atom stereocenters. The zero-order valence-corrected chi connectivity index (χ0v) is 31.8. The van der Waals surface area contributed by atoms with Gasteiger partial charge in [0.1, 0.15) is 72.3 Å². The summed E-state index contributed by atoms with van der Waals surface area (Å²) >= 11 is 0. The number of aromatic hydroxyl groups is 3. The van der Waals surface area contributed by atoms with Crippen molar-refractivity contribution in [3.8, 4) is 34.1 Å². The van der Waals surface area contributed by atoms with E-state index in [-0.39, 0.29) is 33.6 Å². The molecule has 4 aliphatic rings. The minimum absolute atomic E-state index is 0.0168. The average Bonchev–Trinajstić information content (AvgIpc) is 3.18. The largest absolute Gasteiger partial charge is 0.507 e. The Morgan fingerprint density at radius 1 is 0.831 bits per heavy atom. The number of aliphatic carboxylic acids is 1. The third-order valence-electron chi connectivity index (χ3n) is 11.1. The van der Waals surface area contributed by atoms with Crippen LogP contribution in [-0.2, 0) is 23.7 Å². The molecule has 0 radical (unpaired) electrons. The molecule has 3 aromatic rings. The number of fused-ring (bicyclic) bond motifs is 5. The number of hydrogen-bond acceptors (Lipinski definition) is 18. The van der Waals surface area contributed by atoms with Crippen molar-refractivity contribution in [3.05, 3.63) is 68.8 Å². The van der Waals surface area contributed by atoms with Crippen molar-refractivity contribution in [2.45, 2.75) is 81.3 Å². The van der Waals surface area contributed by atoms with E-state index in [9.17, 15) is 65.1 Å². The number of carboxylic acids is 1. The smallest absolute Gasteiger partial charge is 0.322 e. The SMILES string of the molecule is CN[C@@H]1[C@H](O[C@@H]2OC[C@@H](O)[C@H](O)[C@H]2O)[C@@H](O)[C@H](O[C@H]2c3cc(C)c(C(=O)NCC(=O)O)c(O)c3-c3c(cc4c(c3O)C(=O)c3cc(OC)cc(O)c3C4=O)[C@@H]2O)O[C@@H]1C. The molecule has 2 fully saturated rings. The maximum absolute atomic E-state index is 14.0. The molecular formula is C39H42N2O18. The molecule has 20 nitrogen and oxygen atoms in total. The lowest BCUT2D eigenvalue weighted by atomic mass is 9.74. The molecule has 2 heterocycles. The Morgan fingerprint density at radius 3 is 2.15 bits per heavy atom. The summed E-state index contributed by atoms with van der Waals surface area (Å²) in [6.07, 6.45) is -15.5. The van der Waals surface area contributed by atoms with Crippen LogP contribution in [-0.4, -0.2) is 152 Å². The highest BCUT2D eigenvalue weighted by atomic mass is 16.7. The van der Waals surface area contributed by atoms with E-state index in [2.05, 4.69) is 10.6 Å². The predicted molar refractivity (Wildman–Crippen MR) is 196 cm³/mol. The summed E-state index contributed by atoms with van der Waals surface area (Å²) in [4.78, 5) is 52.7. The summed E-state index contributed by atoms with van der Waals surface area (Å²) in [6, 6.07) is 3.86. The predicted octanol–water partition coefficient (Wildman–Crippen LogP) is -1.00. The van der Waals surface area contributed by atoms with E-state index in [4.69, 9.17) is 23.7 Å². The number of aliphatic hydroxyl groups excluding tert-OH is 5. The van der Waals surface area contributed by atoms with Crippen LogP contribution in [0.5, 0.6) is 23.0 Å². The second-order valence-electron chi connectivity index (χ2n) is 14.7. The highest BCUT2D eigenvalue weighted by Gasteiger charge is 2.51. The standard InChI is InChI=1S/C39H42N2O18/c1-11-5-17-24(31(50)21(11)37(54)41-9-20(44)45)23-15(8-16-25(32(23)51)28(47)14-6-13(55-4)7-18(42)22(14)27(16)46)29(48)35(17)58-39-34(53)36(26(40-3)12(2)57-39)59-38-33(52)30(49)19(43)10-56-38/h5-8,12,19,26,29-30,33-36,38-40,42-43,48-53H,9-10H2,1-4H3,(H,41,54)(H,44,45)/t12-,19-,26+,29+,30+,33-,34-,35+,36+,38+,39+/m1/s1. The number of nitrogens with one attached hydrogen (secondary N) is 2. The third-order valence-corrected chi connectivity index (χ3v) is 11.1. The maximum Gasteiger partial charge on any atom is 0.322 e. The number of ketones is 2. The second-order valence-corrected chi connectivity index (χ2v) is 14.7. The van der Waals surface area contributed by atoms with Crippen LogP contribution in [0.4, 0.5) is 0 Å². The summed E-state index contributed by atoms with van der Waals surface area (Å²) in [5.74, 6) is -6.63. The van der Waals surface area contributed by atoms with Gasteiger partial charge in [0.05, 0.1) is 42.6 Å². The zero-order chi connectivity index (χ0) is 42.9. The van der Waals surface area contributed by atoms with Gasteiger partial charge >= 0.3 is 5.97 Å². The Balaban J connectivity index is 1.36. The molecule has 7 rings (SSSR count). The number of amides is 1. The van der Waals surface area contributed by atoms with Gasteiger partial charge in [0.2, 0.25) is 0 Å². The van der Waals surface area contributed by atoms with Crippen LogP contribution in [0.25, 0.3) is 11.1 Å². The number of carbonyl (C=O) groups is 4. The number of phenolic OH excluding ortho intramolecular Hbond substituents is 3. The van der Waals surface area contributed by atoms with Gasteiger partial charge in [-0.3, -0.25) is 19.2 Å². The van der Waals surface area contributed by atoms with Crippen LogP contribution >= 0.6 is 0 Å². The molecule has 0 aromatic heterocycles. The van der Waals surface area contributed by atoms with E-state index < -0.39 is 149 Å². The first-order valence-corrected chi connectivity index (χ1v) is 18.3. The molecule has 59 heavy (non-hydrogen) atoms. The van der Waals surface area contributed by atoms with Crippen molar-refractivity contribution in [2.24, 2.45) is 0 Å². The summed E-state index contributed by atoms with van der Waals surface area (Å²) < 4.78 is 28.9. The molecule has 0 spiro atoms. The summed E-state index contributed by atoms with van der Waals surface area (Å²) in [5, 5.41) is 104. The summed E-state index contributed by atoms with van der Waals surface area (Å²) in [6.45, 7) is 1.73. The molecule has 0 saturated carbocycles. The van der Waals surface area contributed by atoms with Gasteiger partial charge in [0, 0.05) is 28.3 Å². The van der Waals surface area contributed by atoms with Crippen LogP contribution in [0.15, 0.2) is 24.3 Å². The van der Waals surface area contributed by atoms with E-state index in [1.54, 1.807) is 6.92 Å². The second kappa shape index (κ2) is 15.7. The van der Waals surface area contributed by atoms with E-state index in [0.29, 0.717) is 0 Å². The van der Waals surface area contributed by atoms with Crippen LogP contribution in [0, 0.1) is 6.92 Å². The topological polar surface area (TPSA) is 321 Å². The molecule has 2 saturated heterocycles. The first kappa shape index (κ1) is 41.9. The molecule has 0 unspecified atom stereocenters. The van der Waals surface area contributed by atoms with Gasteiger partial charge in [0.15, 0.2) is 24.1 Å². The van der Waals surface area contributed by atoms with Gasteiger partial charge in [-0.1, -0.05) is 6.07 Å². The number of aliphatic hydroxyl groups is 5. The minimum atomic E-state index is -1.89. The Hall–Kier alpha value is -5.26.